The number of esters is 1. The maximum atomic E-state index is 12.2. The number of aryl methyl sites for hydroxylation is 1. The molecule has 6 heteroatoms. The smallest absolute Gasteiger partial charge is 0.331 e. The van der Waals surface area contributed by atoms with Crippen molar-refractivity contribution >= 4 is 35.0 Å². The molecule has 1 aromatic heterocycles. The zero-order chi connectivity index (χ0) is 17.5. The number of thiophene rings is 1. The van der Waals surface area contributed by atoms with Crippen LogP contribution in [-0.4, -0.2) is 25.1 Å². The van der Waals surface area contributed by atoms with Crippen molar-refractivity contribution < 1.29 is 19.1 Å². The van der Waals surface area contributed by atoms with Crippen molar-refractivity contribution in [2.24, 2.45) is 0 Å². The van der Waals surface area contributed by atoms with Crippen molar-refractivity contribution in [1.29, 1.82) is 0 Å². The molecule has 5 nitrogen and oxygen atoms in total. The van der Waals surface area contributed by atoms with Gasteiger partial charge in [-0.1, -0.05) is 12.1 Å². The van der Waals surface area contributed by atoms with Gasteiger partial charge in [0.2, 0.25) is 0 Å². The number of ether oxygens (including phenoxy) is 2. The van der Waals surface area contributed by atoms with E-state index < -0.39 is 18.0 Å². The number of carbonyl (C=O) groups is 2. The Hall–Kier alpha value is -2.60. The third-order valence-corrected chi connectivity index (χ3v) is 4.04. The van der Waals surface area contributed by atoms with Gasteiger partial charge in [0.25, 0.3) is 5.91 Å². The van der Waals surface area contributed by atoms with Crippen LogP contribution < -0.4 is 10.1 Å². The molecule has 1 atom stereocenters. The van der Waals surface area contributed by atoms with Crippen molar-refractivity contribution in [3.05, 3.63) is 52.2 Å². The molecule has 24 heavy (non-hydrogen) atoms. The zero-order valence-electron chi connectivity index (χ0n) is 13.7. The largest absolute Gasteiger partial charge is 0.495 e. The number of rotatable bonds is 6. The molecule has 0 aliphatic rings. The van der Waals surface area contributed by atoms with Crippen molar-refractivity contribution in [3.63, 3.8) is 0 Å². The molecule has 0 saturated heterocycles. The Labute approximate surface area is 144 Å². The number of hydrogen-bond acceptors (Lipinski definition) is 5. The maximum absolute atomic E-state index is 12.2. The molecule has 0 aliphatic heterocycles. The standard InChI is InChI=1S/C18H19NO4S/c1-12-6-8-16(22-3)15(11-12)19-18(21)13(2)23-17(20)9-7-14-5-4-10-24-14/h4-11,13H,1-3H3,(H,19,21)/b9-7+/t13-/m1/s1. The monoisotopic (exact) mass is 345 g/mol. The molecule has 0 saturated carbocycles. The summed E-state index contributed by atoms with van der Waals surface area (Å²) in [5.41, 5.74) is 1.52. The predicted molar refractivity (Wildman–Crippen MR) is 95.3 cm³/mol. The Kier molecular flexibility index (Phi) is 6.14. The minimum Gasteiger partial charge on any atom is -0.495 e. The summed E-state index contributed by atoms with van der Waals surface area (Å²) in [7, 11) is 1.53. The second-order valence-electron chi connectivity index (χ2n) is 5.12. The van der Waals surface area contributed by atoms with Gasteiger partial charge in [0.1, 0.15) is 5.75 Å². The van der Waals surface area contributed by atoms with Crippen molar-refractivity contribution in [3.8, 4) is 5.75 Å². The maximum Gasteiger partial charge on any atom is 0.331 e. The lowest BCUT2D eigenvalue weighted by molar-refractivity contribution is -0.148. The summed E-state index contributed by atoms with van der Waals surface area (Å²) < 4.78 is 10.3. The van der Waals surface area contributed by atoms with Crippen LogP contribution in [0, 0.1) is 6.92 Å². The molecule has 126 valence electrons. The van der Waals surface area contributed by atoms with Gasteiger partial charge in [-0.3, -0.25) is 4.79 Å². The molecule has 1 aromatic carbocycles. The summed E-state index contributed by atoms with van der Waals surface area (Å²) in [6, 6.07) is 9.22. The van der Waals surface area contributed by atoms with Gasteiger partial charge in [-0.05, 0) is 49.1 Å². The Balaban J connectivity index is 1.94. The molecule has 0 spiro atoms. The Morgan fingerprint density at radius 3 is 2.75 bits per heavy atom. The van der Waals surface area contributed by atoms with Crippen molar-refractivity contribution in [2.75, 3.05) is 12.4 Å². The van der Waals surface area contributed by atoms with E-state index >= 15 is 0 Å². The number of amides is 1. The quantitative estimate of drug-likeness (QED) is 0.641. The molecule has 0 unspecified atom stereocenters. The van der Waals surface area contributed by atoms with Crippen LogP contribution in [0.1, 0.15) is 17.4 Å². The number of nitrogens with one attached hydrogen (secondary N) is 1. The lowest BCUT2D eigenvalue weighted by Crippen LogP contribution is -2.29. The topological polar surface area (TPSA) is 64.6 Å². The van der Waals surface area contributed by atoms with Crippen LogP contribution in [0.15, 0.2) is 41.8 Å². The molecule has 1 N–H and O–H groups in total. The number of carbonyl (C=O) groups excluding carboxylic acids is 2. The first-order valence-electron chi connectivity index (χ1n) is 7.37. The van der Waals surface area contributed by atoms with Crippen LogP contribution in [0.2, 0.25) is 0 Å². The fraction of sp³-hybridized carbons (Fsp3) is 0.222. The van der Waals surface area contributed by atoms with Gasteiger partial charge in [0.05, 0.1) is 12.8 Å². The SMILES string of the molecule is COc1ccc(C)cc1NC(=O)[C@@H](C)OC(=O)/C=C/c1cccs1. The highest BCUT2D eigenvalue weighted by molar-refractivity contribution is 7.10. The van der Waals surface area contributed by atoms with Crippen molar-refractivity contribution in [1.82, 2.24) is 0 Å². The Morgan fingerprint density at radius 2 is 2.08 bits per heavy atom. The normalized spacial score (nSPS) is 12.0. The van der Waals surface area contributed by atoms with Crippen LogP contribution in [0.3, 0.4) is 0 Å². The second-order valence-corrected chi connectivity index (χ2v) is 6.10. The average molecular weight is 345 g/mol. The van der Waals surface area contributed by atoms with Crippen LogP contribution in [0.25, 0.3) is 6.08 Å². The average Bonchev–Trinajstić information content (AvgIpc) is 3.06. The fourth-order valence-corrected chi connectivity index (χ4v) is 2.58. The van der Waals surface area contributed by atoms with Gasteiger partial charge in [-0.15, -0.1) is 11.3 Å². The highest BCUT2D eigenvalue weighted by Crippen LogP contribution is 2.25. The molecule has 0 fully saturated rings. The first kappa shape index (κ1) is 17.7. The van der Waals surface area contributed by atoms with Crippen LogP contribution in [0.4, 0.5) is 5.69 Å². The van der Waals surface area contributed by atoms with E-state index in [-0.39, 0.29) is 0 Å². The van der Waals surface area contributed by atoms with E-state index in [9.17, 15) is 9.59 Å². The van der Waals surface area contributed by atoms with E-state index in [1.165, 1.54) is 31.4 Å². The highest BCUT2D eigenvalue weighted by atomic mass is 32.1. The van der Waals surface area contributed by atoms with Gasteiger partial charge in [-0.25, -0.2) is 4.79 Å². The summed E-state index contributed by atoms with van der Waals surface area (Å²) in [5, 5.41) is 4.63. The molecule has 0 radical (unpaired) electrons. The molecular weight excluding hydrogens is 326 g/mol. The summed E-state index contributed by atoms with van der Waals surface area (Å²) >= 11 is 1.51. The number of anilines is 1. The molecule has 2 aromatic rings. The first-order valence-corrected chi connectivity index (χ1v) is 8.25. The number of methoxy groups -OCH3 is 1. The molecule has 0 bridgehead atoms. The third kappa shape index (κ3) is 4.96. The summed E-state index contributed by atoms with van der Waals surface area (Å²) in [5.74, 6) is -0.441. The predicted octanol–water partition coefficient (Wildman–Crippen LogP) is 3.65. The van der Waals surface area contributed by atoms with Crippen LogP contribution >= 0.6 is 11.3 Å². The van der Waals surface area contributed by atoms with Gasteiger partial charge in [0.15, 0.2) is 6.10 Å². The second kappa shape index (κ2) is 8.31. The Bertz CT molecular complexity index is 737. The van der Waals surface area contributed by atoms with E-state index in [2.05, 4.69) is 5.32 Å². The van der Waals surface area contributed by atoms with Crippen molar-refractivity contribution in [2.45, 2.75) is 20.0 Å². The number of benzene rings is 1. The zero-order valence-corrected chi connectivity index (χ0v) is 14.6. The fourth-order valence-electron chi connectivity index (χ4n) is 1.96. The van der Waals surface area contributed by atoms with E-state index in [1.807, 2.05) is 30.5 Å². The molecule has 2 rings (SSSR count). The van der Waals surface area contributed by atoms with Gasteiger partial charge >= 0.3 is 5.97 Å². The van der Waals surface area contributed by atoms with Gasteiger partial charge in [-0.2, -0.15) is 0 Å². The minimum absolute atomic E-state index is 0.420. The third-order valence-electron chi connectivity index (χ3n) is 3.20. The molecular formula is C18H19NO4S. The highest BCUT2D eigenvalue weighted by Gasteiger charge is 2.18. The number of hydrogen-bond donors (Lipinski definition) is 1. The Morgan fingerprint density at radius 1 is 1.29 bits per heavy atom. The van der Waals surface area contributed by atoms with E-state index in [1.54, 1.807) is 18.2 Å². The summed E-state index contributed by atoms with van der Waals surface area (Å²) in [6.45, 7) is 3.43. The molecule has 0 aliphatic carbocycles. The molecule has 1 amide bonds. The first-order chi connectivity index (χ1) is 11.5. The minimum atomic E-state index is -0.921. The van der Waals surface area contributed by atoms with Crippen LogP contribution in [-0.2, 0) is 14.3 Å². The summed E-state index contributed by atoms with van der Waals surface area (Å²) in [6.07, 6.45) is 2.04. The molecule has 1 heterocycles. The van der Waals surface area contributed by atoms with E-state index in [0.29, 0.717) is 11.4 Å². The van der Waals surface area contributed by atoms with Crippen LogP contribution in [0.5, 0.6) is 5.75 Å². The summed E-state index contributed by atoms with van der Waals surface area (Å²) in [4.78, 5) is 24.9. The lowest BCUT2D eigenvalue weighted by atomic mass is 10.2. The lowest BCUT2D eigenvalue weighted by Gasteiger charge is -2.15. The van der Waals surface area contributed by atoms with E-state index in [0.717, 1.165) is 10.4 Å². The van der Waals surface area contributed by atoms with E-state index in [4.69, 9.17) is 9.47 Å². The van der Waals surface area contributed by atoms with Gasteiger partial charge < -0.3 is 14.8 Å². The van der Waals surface area contributed by atoms with Gasteiger partial charge in [0, 0.05) is 11.0 Å².